The molecule has 19 heavy (non-hydrogen) atoms. The SMILES string of the molecule is CCC1C(Cl)=NC(Cl)=C(C)C(C)C1c1ccccc1. The van der Waals surface area contributed by atoms with Crippen LogP contribution < -0.4 is 0 Å². The van der Waals surface area contributed by atoms with Crippen LogP contribution >= 0.6 is 23.2 Å². The Morgan fingerprint density at radius 3 is 2.37 bits per heavy atom. The fourth-order valence-corrected chi connectivity index (χ4v) is 3.52. The first-order valence-corrected chi connectivity index (χ1v) is 7.47. The molecule has 0 aliphatic carbocycles. The Bertz CT molecular complexity index is 505. The van der Waals surface area contributed by atoms with E-state index in [1.807, 2.05) is 6.07 Å². The first kappa shape index (κ1) is 14.6. The highest BCUT2D eigenvalue weighted by atomic mass is 35.5. The third-order valence-electron chi connectivity index (χ3n) is 4.12. The van der Waals surface area contributed by atoms with E-state index in [1.165, 1.54) is 5.56 Å². The first-order chi connectivity index (χ1) is 9.06. The second kappa shape index (κ2) is 6.11. The number of nitrogens with zero attached hydrogens (tertiary/aromatic N) is 1. The van der Waals surface area contributed by atoms with Gasteiger partial charge in [0.2, 0.25) is 0 Å². The molecule has 0 amide bonds. The molecule has 0 radical (unpaired) electrons. The molecule has 1 aliphatic heterocycles. The van der Waals surface area contributed by atoms with Crippen molar-refractivity contribution in [2.45, 2.75) is 33.1 Å². The van der Waals surface area contributed by atoms with Crippen molar-refractivity contribution in [3.63, 3.8) is 0 Å². The average molecular weight is 296 g/mol. The summed E-state index contributed by atoms with van der Waals surface area (Å²) in [4.78, 5) is 4.36. The van der Waals surface area contributed by atoms with Crippen LogP contribution in [0.2, 0.25) is 0 Å². The fraction of sp³-hybridized carbons (Fsp3) is 0.438. The van der Waals surface area contributed by atoms with Crippen LogP contribution in [-0.2, 0) is 0 Å². The monoisotopic (exact) mass is 295 g/mol. The van der Waals surface area contributed by atoms with Crippen LogP contribution in [0.25, 0.3) is 0 Å². The van der Waals surface area contributed by atoms with Crippen molar-refractivity contribution in [3.05, 3.63) is 46.6 Å². The van der Waals surface area contributed by atoms with E-state index in [0.717, 1.165) is 12.0 Å². The Morgan fingerprint density at radius 2 is 1.79 bits per heavy atom. The van der Waals surface area contributed by atoms with Gasteiger partial charge in [0.1, 0.15) is 10.3 Å². The molecule has 1 heterocycles. The normalized spacial score (nSPS) is 28.1. The van der Waals surface area contributed by atoms with Crippen molar-refractivity contribution in [1.82, 2.24) is 0 Å². The lowest BCUT2D eigenvalue weighted by atomic mass is 9.75. The average Bonchev–Trinajstić information content (AvgIpc) is 2.50. The second-order valence-corrected chi connectivity index (χ2v) is 5.89. The van der Waals surface area contributed by atoms with Gasteiger partial charge < -0.3 is 0 Å². The van der Waals surface area contributed by atoms with Crippen molar-refractivity contribution >= 4 is 28.4 Å². The fourth-order valence-electron chi connectivity index (χ4n) is 2.84. The summed E-state index contributed by atoms with van der Waals surface area (Å²) in [6.07, 6.45) is 0.962. The van der Waals surface area contributed by atoms with Gasteiger partial charge in [-0.15, -0.1) is 0 Å². The van der Waals surface area contributed by atoms with Crippen molar-refractivity contribution in [1.29, 1.82) is 0 Å². The predicted octanol–water partition coefficient (Wildman–Crippen LogP) is 5.55. The van der Waals surface area contributed by atoms with Crippen LogP contribution in [-0.4, -0.2) is 5.17 Å². The van der Waals surface area contributed by atoms with E-state index in [-0.39, 0.29) is 5.92 Å². The van der Waals surface area contributed by atoms with Crippen LogP contribution in [0.3, 0.4) is 0 Å². The minimum absolute atomic E-state index is 0.227. The minimum Gasteiger partial charge on any atom is -0.229 e. The summed E-state index contributed by atoms with van der Waals surface area (Å²) in [7, 11) is 0. The number of allylic oxidation sites excluding steroid dienone is 1. The van der Waals surface area contributed by atoms with Gasteiger partial charge in [0.05, 0.1) is 0 Å². The van der Waals surface area contributed by atoms with Gasteiger partial charge in [-0.1, -0.05) is 67.4 Å². The largest absolute Gasteiger partial charge is 0.229 e. The van der Waals surface area contributed by atoms with Gasteiger partial charge in [0, 0.05) is 5.92 Å². The smallest absolute Gasteiger partial charge is 0.129 e. The summed E-state index contributed by atoms with van der Waals surface area (Å²) < 4.78 is 0. The molecule has 0 bridgehead atoms. The molecular weight excluding hydrogens is 277 g/mol. The number of halogens is 2. The highest BCUT2D eigenvalue weighted by molar-refractivity contribution is 6.66. The Kier molecular flexibility index (Phi) is 4.70. The van der Waals surface area contributed by atoms with E-state index in [0.29, 0.717) is 22.2 Å². The lowest BCUT2D eigenvalue weighted by Crippen LogP contribution is -2.23. The van der Waals surface area contributed by atoms with Gasteiger partial charge in [-0.3, -0.25) is 0 Å². The predicted molar refractivity (Wildman–Crippen MR) is 84.0 cm³/mol. The number of hydrogen-bond donors (Lipinski definition) is 0. The Morgan fingerprint density at radius 1 is 1.16 bits per heavy atom. The van der Waals surface area contributed by atoms with E-state index in [9.17, 15) is 0 Å². The van der Waals surface area contributed by atoms with Crippen LogP contribution in [0.1, 0.15) is 38.7 Å². The third-order valence-corrected chi connectivity index (χ3v) is 4.86. The lowest BCUT2D eigenvalue weighted by Gasteiger charge is -2.30. The quantitative estimate of drug-likeness (QED) is 0.634. The molecule has 2 rings (SSSR count). The van der Waals surface area contributed by atoms with Crippen molar-refractivity contribution in [2.24, 2.45) is 16.8 Å². The first-order valence-electron chi connectivity index (χ1n) is 6.71. The standard InChI is InChI=1S/C16H19Cl2N/c1-4-13-14(12-8-6-5-7-9-12)10(2)11(3)15(17)19-16(13)18/h5-10,13-14H,4H2,1-3H3. The van der Waals surface area contributed by atoms with Gasteiger partial charge in [-0.05, 0) is 36.3 Å². The number of rotatable bonds is 2. The molecule has 1 nitrogen and oxygen atoms in total. The topological polar surface area (TPSA) is 12.4 Å². The molecule has 0 saturated carbocycles. The number of benzene rings is 1. The molecule has 3 atom stereocenters. The van der Waals surface area contributed by atoms with Crippen LogP contribution in [0, 0.1) is 11.8 Å². The zero-order chi connectivity index (χ0) is 14.0. The highest BCUT2D eigenvalue weighted by Crippen LogP contribution is 2.43. The summed E-state index contributed by atoms with van der Waals surface area (Å²) in [5.74, 6) is 0.892. The van der Waals surface area contributed by atoms with Gasteiger partial charge >= 0.3 is 0 Å². The van der Waals surface area contributed by atoms with Crippen LogP contribution in [0.4, 0.5) is 0 Å². The molecule has 0 spiro atoms. The van der Waals surface area contributed by atoms with Gasteiger partial charge in [0.25, 0.3) is 0 Å². The summed E-state index contributed by atoms with van der Waals surface area (Å²) in [5, 5.41) is 1.18. The Labute approximate surface area is 125 Å². The van der Waals surface area contributed by atoms with E-state index in [4.69, 9.17) is 23.2 Å². The second-order valence-electron chi connectivity index (χ2n) is 5.15. The molecule has 3 unspecified atom stereocenters. The van der Waals surface area contributed by atoms with E-state index >= 15 is 0 Å². The maximum atomic E-state index is 6.39. The molecule has 0 saturated heterocycles. The molecule has 3 heteroatoms. The van der Waals surface area contributed by atoms with Gasteiger partial charge in [-0.25, -0.2) is 4.99 Å². The Balaban J connectivity index is 2.52. The van der Waals surface area contributed by atoms with Crippen LogP contribution in [0.5, 0.6) is 0 Å². The molecule has 1 aliphatic rings. The number of hydrogen-bond acceptors (Lipinski definition) is 1. The lowest BCUT2D eigenvalue weighted by molar-refractivity contribution is 0.428. The van der Waals surface area contributed by atoms with Crippen molar-refractivity contribution in [2.75, 3.05) is 0 Å². The summed E-state index contributed by atoms with van der Waals surface area (Å²) in [6, 6.07) is 10.5. The Hall–Kier alpha value is -0.790. The third kappa shape index (κ3) is 2.88. The summed E-state index contributed by atoms with van der Waals surface area (Å²) in [6.45, 7) is 6.41. The van der Waals surface area contributed by atoms with E-state index in [1.54, 1.807) is 0 Å². The molecule has 1 aromatic carbocycles. The van der Waals surface area contributed by atoms with E-state index < -0.39 is 0 Å². The van der Waals surface area contributed by atoms with Gasteiger partial charge in [0.15, 0.2) is 0 Å². The molecule has 102 valence electrons. The van der Waals surface area contributed by atoms with Crippen molar-refractivity contribution < 1.29 is 0 Å². The van der Waals surface area contributed by atoms with Crippen molar-refractivity contribution in [3.8, 4) is 0 Å². The molecule has 0 fully saturated rings. The summed E-state index contributed by atoms with van der Waals surface area (Å²) >= 11 is 12.6. The number of aliphatic imine (C=N–C) groups is 1. The zero-order valence-corrected chi connectivity index (χ0v) is 13.0. The summed E-state index contributed by atoms with van der Waals surface area (Å²) in [5.41, 5.74) is 2.42. The van der Waals surface area contributed by atoms with E-state index in [2.05, 4.69) is 50.0 Å². The molecule has 0 aromatic heterocycles. The van der Waals surface area contributed by atoms with Gasteiger partial charge in [-0.2, -0.15) is 0 Å². The minimum atomic E-state index is 0.227. The molecule has 1 aromatic rings. The zero-order valence-electron chi connectivity index (χ0n) is 11.5. The molecular formula is C16H19Cl2N. The van der Waals surface area contributed by atoms with Crippen LogP contribution in [0.15, 0.2) is 46.1 Å². The molecule has 0 N–H and O–H groups in total. The highest BCUT2D eigenvalue weighted by Gasteiger charge is 2.34. The maximum absolute atomic E-state index is 6.39. The maximum Gasteiger partial charge on any atom is 0.129 e.